The summed E-state index contributed by atoms with van der Waals surface area (Å²) in [6.07, 6.45) is 90.6. The predicted molar refractivity (Wildman–Crippen MR) is 325 cm³/mol. The Bertz CT molecular complexity index is 1750. The SMILES string of the molecule is CC/C=C\C/C=C\C/C=C\C/C=C\C/C=C\C/C=C\CCCCCCCCC(=O)OCC(COC(=O)CCCC/C=C\C/C=C\C/C=C\C/C=C\CC)OC(=O)CCCCCC/C=C\C/C=C\C/C=C\C/C=C\CC. The fraction of sp³-hybridized carbons (Fsp3) is 0.551. The van der Waals surface area contributed by atoms with Crippen LogP contribution in [0.4, 0.5) is 0 Å². The van der Waals surface area contributed by atoms with Gasteiger partial charge in [-0.15, -0.1) is 0 Å². The molecule has 0 rings (SSSR count). The van der Waals surface area contributed by atoms with Gasteiger partial charge in [0.15, 0.2) is 6.10 Å². The van der Waals surface area contributed by atoms with Crippen molar-refractivity contribution in [1.29, 1.82) is 0 Å². The zero-order valence-electron chi connectivity index (χ0n) is 47.7. The van der Waals surface area contributed by atoms with Crippen LogP contribution in [0.2, 0.25) is 0 Å². The minimum Gasteiger partial charge on any atom is -0.462 e. The molecule has 0 radical (unpaired) electrons. The molecule has 0 aromatic carbocycles. The van der Waals surface area contributed by atoms with E-state index in [1.165, 1.54) is 12.8 Å². The first-order valence-electron chi connectivity index (χ1n) is 29.6. The zero-order chi connectivity index (χ0) is 54.3. The van der Waals surface area contributed by atoms with Gasteiger partial charge in [0.2, 0.25) is 0 Å². The first-order chi connectivity index (χ1) is 37.0. The highest BCUT2D eigenvalue weighted by Crippen LogP contribution is 2.13. The Morgan fingerprint density at radius 1 is 0.267 bits per heavy atom. The van der Waals surface area contributed by atoms with Crippen LogP contribution in [0.15, 0.2) is 170 Å². The molecule has 0 bridgehead atoms. The molecule has 0 aromatic rings. The number of carbonyl (C=O) groups excluding carboxylic acids is 3. The van der Waals surface area contributed by atoms with Crippen molar-refractivity contribution in [2.24, 2.45) is 0 Å². The third-order valence-electron chi connectivity index (χ3n) is 11.7. The van der Waals surface area contributed by atoms with E-state index < -0.39 is 6.10 Å². The van der Waals surface area contributed by atoms with Gasteiger partial charge in [-0.2, -0.15) is 0 Å². The summed E-state index contributed by atoms with van der Waals surface area (Å²) < 4.78 is 16.8. The second-order valence-electron chi connectivity index (χ2n) is 18.8. The van der Waals surface area contributed by atoms with Gasteiger partial charge in [-0.1, -0.05) is 229 Å². The number of unbranched alkanes of at least 4 members (excludes halogenated alkanes) is 12. The highest BCUT2D eigenvalue weighted by molar-refractivity contribution is 5.71. The molecule has 0 N–H and O–H groups in total. The summed E-state index contributed by atoms with van der Waals surface area (Å²) in [5.74, 6) is -1.01. The van der Waals surface area contributed by atoms with E-state index >= 15 is 0 Å². The van der Waals surface area contributed by atoms with Crippen LogP contribution in [0.25, 0.3) is 0 Å². The van der Waals surface area contributed by atoms with Crippen molar-refractivity contribution in [3.05, 3.63) is 170 Å². The fourth-order valence-electron chi connectivity index (χ4n) is 7.37. The second kappa shape index (κ2) is 61.3. The lowest BCUT2D eigenvalue weighted by atomic mass is 10.1. The van der Waals surface area contributed by atoms with E-state index in [-0.39, 0.29) is 44.0 Å². The molecule has 6 heteroatoms. The summed E-state index contributed by atoms with van der Waals surface area (Å²) in [4.78, 5) is 38.2. The first-order valence-corrected chi connectivity index (χ1v) is 29.6. The quantitative estimate of drug-likeness (QED) is 0.0261. The molecule has 1 unspecified atom stereocenters. The molecule has 0 spiro atoms. The molecule has 0 aliphatic heterocycles. The zero-order valence-corrected chi connectivity index (χ0v) is 47.7. The highest BCUT2D eigenvalue weighted by atomic mass is 16.6. The number of allylic oxidation sites excluding steroid dienone is 28. The molecule has 418 valence electrons. The third-order valence-corrected chi connectivity index (χ3v) is 11.7. The molecule has 0 aromatic heterocycles. The van der Waals surface area contributed by atoms with Crippen molar-refractivity contribution in [1.82, 2.24) is 0 Å². The average Bonchev–Trinajstić information content (AvgIpc) is 3.41. The Balaban J connectivity index is 4.51. The Morgan fingerprint density at radius 3 is 0.773 bits per heavy atom. The molecule has 6 nitrogen and oxygen atoms in total. The molecule has 0 aliphatic carbocycles. The predicted octanol–water partition coefficient (Wildman–Crippen LogP) is 20.3. The number of rotatable bonds is 51. The van der Waals surface area contributed by atoms with Gasteiger partial charge in [0.05, 0.1) is 0 Å². The Labute approximate surface area is 460 Å². The van der Waals surface area contributed by atoms with Crippen LogP contribution in [0.1, 0.15) is 226 Å². The normalized spacial score (nSPS) is 13.4. The number of hydrogen-bond acceptors (Lipinski definition) is 6. The van der Waals surface area contributed by atoms with Gasteiger partial charge in [0, 0.05) is 19.3 Å². The molecule has 0 saturated carbocycles. The first kappa shape index (κ1) is 69.8. The van der Waals surface area contributed by atoms with Gasteiger partial charge >= 0.3 is 17.9 Å². The Kier molecular flexibility index (Phi) is 57.0. The molecule has 0 amide bonds. The van der Waals surface area contributed by atoms with Gasteiger partial charge in [-0.3, -0.25) is 14.4 Å². The maximum absolute atomic E-state index is 12.9. The van der Waals surface area contributed by atoms with Crippen LogP contribution in [0.5, 0.6) is 0 Å². The molecule has 1 atom stereocenters. The van der Waals surface area contributed by atoms with Crippen LogP contribution in [-0.2, 0) is 28.6 Å². The molecular weight excluding hydrogens is 925 g/mol. The summed E-state index contributed by atoms with van der Waals surface area (Å²) in [6.45, 7) is 6.21. The second-order valence-corrected chi connectivity index (χ2v) is 18.8. The van der Waals surface area contributed by atoms with Crippen molar-refractivity contribution in [3.8, 4) is 0 Å². The van der Waals surface area contributed by atoms with Crippen molar-refractivity contribution >= 4 is 17.9 Å². The Hall–Kier alpha value is -5.23. The lowest BCUT2D eigenvalue weighted by molar-refractivity contribution is -0.167. The molecule has 0 fully saturated rings. The van der Waals surface area contributed by atoms with E-state index in [0.717, 1.165) is 167 Å². The summed E-state index contributed by atoms with van der Waals surface area (Å²) in [7, 11) is 0. The van der Waals surface area contributed by atoms with E-state index in [0.29, 0.717) is 12.8 Å². The molecular formula is C69H106O6. The third kappa shape index (κ3) is 59.5. The molecule has 0 heterocycles. The van der Waals surface area contributed by atoms with Crippen molar-refractivity contribution in [2.75, 3.05) is 13.2 Å². The van der Waals surface area contributed by atoms with Crippen molar-refractivity contribution < 1.29 is 28.6 Å². The van der Waals surface area contributed by atoms with E-state index in [1.807, 2.05) is 0 Å². The number of carbonyl (C=O) groups is 3. The maximum Gasteiger partial charge on any atom is 0.306 e. The van der Waals surface area contributed by atoms with E-state index in [4.69, 9.17) is 14.2 Å². The molecule has 0 saturated heterocycles. The fourth-order valence-corrected chi connectivity index (χ4v) is 7.37. The van der Waals surface area contributed by atoms with Crippen LogP contribution in [0.3, 0.4) is 0 Å². The summed E-state index contributed by atoms with van der Waals surface area (Å²) in [6, 6.07) is 0. The van der Waals surface area contributed by atoms with E-state index in [1.54, 1.807) is 0 Å². The topological polar surface area (TPSA) is 78.9 Å². The van der Waals surface area contributed by atoms with Crippen LogP contribution in [-0.4, -0.2) is 37.2 Å². The smallest absolute Gasteiger partial charge is 0.306 e. The lowest BCUT2D eigenvalue weighted by Crippen LogP contribution is -2.30. The van der Waals surface area contributed by atoms with Crippen LogP contribution < -0.4 is 0 Å². The van der Waals surface area contributed by atoms with Gasteiger partial charge in [-0.25, -0.2) is 0 Å². The minimum absolute atomic E-state index is 0.118. The summed E-state index contributed by atoms with van der Waals surface area (Å²) in [5.41, 5.74) is 0. The number of esters is 3. The molecule has 75 heavy (non-hydrogen) atoms. The van der Waals surface area contributed by atoms with Gasteiger partial charge in [-0.05, 0) is 148 Å². The lowest BCUT2D eigenvalue weighted by Gasteiger charge is -2.18. The summed E-state index contributed by atoms with van der Waals surface area (Å²) >= 11 is 0. The monoisotopic (exact) mass is 1030 g/mol. The standard InChI is InChI=1S/C69H106O6/c1-4-7-10-13-16-19-22-25-28-30-31-32-33-34-35-36-37-39-41-44-47-50-53-56-59-62-68(71)74-65-66(64-73-67(70)61-58-55-52-49-46-43-40-27-24-21-18-15-12-9-6-3)75-69(72)63-60-57-54-51-48-45-42-38-29-26-23-20-17-14-11-8-5-2/h7-12,16-21,25-29,31-32,34-35,37,39-40,42,45-46,49,66H,4-6,13-15,22-24,30,33,36,38,41,43-44,47-48,50-65H2,1-3H3/b10-7-,11-8-,12-9-,19-16-,20-17-,21-18-,28-25-,29-26-,32-31-,35-34-,39-37-,40-27-,45-42-,49-46-. The largest absolute Gasteiger partial charge is 0.462 e. The van der Waals surface area contributed by atoms with Gasteiger partial charge in [0.25, 0.3) is 0 Å². The minimum atomic E-state index is -0.825. The highest BCUT2D eigenvalue weighted by Gasteiger charge is 2.19. The van der Waals surface area contributed by atoms with E-state index in [2.05, 4.69) is 191 Å². The van der Waals surface area contributed by atoms with Gasteiger partial charge in [0.1, 0.15) is 13.2 Å². The number of hydrogen-bond donors (Lipinski definition) is 0. The number of ether oxygens (including phenoxy) is 3. The molecule has 0 aliphatic rings. The summed E-state index contributed by atoms with van der Waals surface area (Å²) in [5, 5.41) is 0. The van der Waals surface area contributed by atoms with Crippen molar-refractivity contribution in [3.63, 3.8) is 0 Å². The maximum atomic E-state index is 12.9. The average molecular weight is 1030 g/mol. The van der Waals surface area contributed by atoms with Crippen molar-refractivity contribution in [2.45, 2.75) is 232 Å². The van der Waals surface area contributed by atoms with Crippen LogP contribution in [0, 0.1) is 0 Å². The van der Waals surface area contributed by atoms with E-state index in [9.17, 15) is 14.4 Å². The van der Waals surface area contributed by atoms with Crippen LogP contribution >= 0.6 is 0 Å². The Morgan fingerprint density at radius 2 is 0.480 bits per heavy atom. The van der Waals surface area contributed by atoms with Gasteiger partial charge < -0.3 is 14.2 Å².